The number of benzene rings is 1. The van der Waals surface area contributed by atoms with Gasteiger partial charge in [-0.1, -0.05) is 15.9 Å². The molecule has 1 N–H and O–H groups in total. The molecular formula is C14H14BrNO3. The Morgan fingerprint density at radius 1 is 1.42 bits per heavy atom. The van der Waals surface area contributed by atoms with Crippen LogP contribution in [-0.4, -0.2) is 25.2 Å². The Kier molecular flexibility index (Phi) is 3.57. The summed E-state index contributed by atoms with van der Waals surface area (Å²) in [4.78, 5) is 12.0. The number of ether oxygens (including phenoxy) is 1. The molecule has 4 nitrogen and oxygen atoms in total. The first kappa shape index (κ1) is 12.7. The summed E-state index contributed by atoms with van der Waals surface area (Å²) >= 11 is 3.38. The summed E-state index contributed by atoms with van der Waals surface area (Å²) in [6.07, 6.45) is 2.22. The molecule has 3 rings (SSSR count). The van der Waals surface area contributed by atoms with Gasteiger partial charge in [-0.05, 0) is 37.1 Å². The first-order valence-electron chi connectivity index (χ1n) is 6.31. The van der Waals surface area contributed by atoms with Crippen molar-refractivity contribution in [3.8, 4) is 0 Å². The lowest BCUT2D eigenvalue weighted by Crippen LogP contribution is -2.31. The second kappa shape index (κ2) is 5.35. The summed E-state index contributed by atoms with van der Waals surface area (Å²) in [5, 5.41) is 3.77. The van der Waals surface area contributed by atoms with Crippen molar-refractivity contribution in [2.45, 2.75) is 18.9 Å². The van der Waals surface area contributed by atoms with Gasteiger partial charge in [0.05, 0.1) is 6.10 Å². The van der Waals surface area contributed by atoms with Crippen LogP contribution in [0.2, 0.25) is 0 Å². The predicted molar refractivity (Wildman–Crippen MR) is 75.2 cm³/mol. The molecule has 19 heavy (non-hydrogen) atoms. The zero-order valence-electron chi connectivity index (χ0n) is 10.3. The van der Waals surface area contributed by atoms with E-state index in [9.17, 15) is 4.79 Å². The van der Waals surface area contributed by atoms with Crippen molar-refractivity contribution >= 4 is 32.8 Å². The number of furan rings is 1. The van der Waals surface area contributed by atoms with E-state index < -0.39 is 0 Å². The zero-order valence-corrected chi connectivity index (χ0v) is 11.9. The maximum absolute atomic E-state index is 12.0. The maximum atomic E-state index is 12.0. The average Bonchev–Trinajstić information content (AvgIpc) is 3.04. The number of rotatable bonds is 3. The highest BCUT2D eigenvalue weighted by Gasteiger charge is 2.18. The molecule has 0 bridgehead atoms. The lowest BCUT2D eigenvalue weighted by molar-refractivity contribution is 0.0837. The van der Waals surface area contributed by atoms with Gasteiger partial charge in [-0.25, -0.2) is 0 Å². The second-order valence-corrected chi connectivity index (χ2v) is 5.55. The first-order chi connectivity index (χ1) is 9.22. The molecule has 5 heteroatoms. The van der Waals surface area contributed by atoms with Gasteiger partial charge in [-0.3, -0.25) is 4.79 Å². The first-order valence-corrected chi connectivity index (χ1v) is 7.10. The van der Waals surface area contributed by atoms with Gasteiger partial charge in [-0.15, -0.1) is 0 Å². The highest BCUT2D eigenvalue weighted by atomic mass is 79.9. The van der Waals surface area contributed by atoms with E-state index >= 15 is 0 Å². The van der Waals surface area contributed by atoms with E-state index in [1.54, 1.807) is 6.07 Å². The lowest BCUT2D eigenvalue weighted by Gasteiger charge is -2.09. The minimum atomic E-state index is -0.192. The van der Waals surface area contributed by atoms with Crippen molar-refractivity contribution in [3.05, 3.63) is 34.5 Å². The van der Waals surface area contributed by atoms with E-state index in [2.05, 4.69) is 21.2 Å². The highest BCUT2D eigenvalue weighted by Crippen LogP contribution is 2.23. The van der Waals surface area contributed by atoms with E-state index in [-0.39, 0.29) is 12.0 Å². The van der Waals surface area contributed by atoms with E-state index in [1.807, 2.05) is 18.2 Å². The van der Waals surface area contributed by atoms with Gasteiger partial charge >= 0.3 is 0 Å². The van der Waals surface area contributed by atoms with Crippen LogP contribution >= 0.6 is 15.9 Å². The molecule has 2 aromatic rings. The Bertz CT molecular complexity index is 602. The summed E-state index contributed by atoms with van der Waals surface area (Å²) in [6, 6.07) is 7.45. The molecule has 100 valence electrons. The van der Waals surface area contributed by atoms with E-state index in [4.69, 9.17) is 9.15 Å². The fraction of sp³-hybridized carbons (Fsp3) is 0.357. The van der Waals surface area contributed by atoms with Gasteiger partial charge in [0.25, 0.3) is 5.91 Å². The molecule has 0 saturated carbocycles. The number of hydrogen-bond donors (Lipinski definition) is 1. The molecular weight excluding hydrogens is 310 g/mol. The molecule has 1 amide bonds. The van der Waals surface area contributed by atoms with Crippen LogP contribution in [0.25, 0.3) is 11.0 Å². The predicted octanol–water partition coefficient (Wildman–Crippen LogP) is 3.10. The third kappa shape index (κ3) is 2.82. The van der Waals surface area contributed by atoms with Crippen LogP contribution < -0.4 is 5.32 Å². The summed E-state index contributed by atoms with van der Waals surface area (Å²) in [5.74, 6) is 0.147. The molecule has 0 aliphatic carbocycles. The molecule has 1 aromatic carbocycles. The second-order valence-electron chi connectivity index (χ2n) is 4.64. The Labute approximate surface area is 119 Å². The van der Waals surface area contributed by atoms with Gasteiger partial charge in [-0.2, -0.15) is 0 Å². The van der Waals surface area contributed by atoms with Crippen LogP contribution in [0, 0.1) is 0 Å². The van der Waals surface area contributed by atoms with Crippen molar-refractivity contribution in [1.82, 2.24) is 5.32 Å². The monoisotopic (exact) mass is 323 g/mol. The van der Waals surface area contributed by atoms with Gasteiger partial charge < -0.3 is 14.5 Å². The quantitative estimate of drug-likeness (QED) is 0.944. The van der Waals surface area contributed by atoms with Crippen LogP contribution in [0.15, 0.2) is 33.2 Å². The summed E-state index contributed by atoms with van der Waals surface area (Å²) in [5.41, 5.74) is 0.705. The molecule has 1 atom stereocenters. The van der Waals surface area contributed by atoms with Crippen molar-refractivity contribution < 1.29 is 13.9 Å². The highest BCUT2D eigenvalue weighted by molar-refractivity contribution is 9.10. The molecule has 1 unspecified atom stereocenters. The SMILES string of the molecule is O=C(NCC1CCCO1)c1cc2ccc(Br)cc2o1. The van der Waals surface area contributed by atoms with Gasteiger partial charge in [0, 0.05) is 23.0 Å². The van der Waals surface area contributed by atoms with Crippen LogP contribution in [0.5, 0.6) is 0 Å². The normalized spacial score (nSPS) is 18.9. The third-order valence-electron chi connectivity index (χ3n) is 3.22. The number of nitrogens with one attached hydrogen (secondary N) is 1. The standard InChI is InChI=1S/C14H14BrNO3/c15-10-4-3-9-6-13(19-12(9)7-10)14(17)16-8-11-2-1-5-18-11/h3-4,6-7,11H,1-2,5,8H2,(H,16,17). The smallest absolute Gasteiger partial charge is 0.287 e. The van der Waals surface area contributed by atoms with Gasteiger partial charge in [0.2, 0.25) is 0 Å². The molecule has 1 aliphatic rings. The van der Waals surface area contributed by atoms with E-state index in [1.165, 1.54) is 0 Å². The van der Waals surface area contributed by atoms with Crippen LogP contribution in [-0.2, 0) is 4.74 Å². The van der Waals surface area contributed by atoms with Crippen LogP contribution in [0.1, 0.15) is 23.4 Å². The van der Waals surface area contributed by atoms with Gasteiger partial charge in [0.1, 0.15) is 5.58 Å². The average molecular weight is 324 g/mol. The molecule has 1 aliphatic heterocycles. The summed E-state index contributed by atoms with van der Waals surface area (Å²) < 4.78 is 11.9. The van der Waals surface area contributed by atoms with Crippen molar-refractivity contribution in [2.24, 2.45) is 0 Å². The lowest BCUT2D eigenvalue weighted by atomic mass is 10.2. The summed E-state index contributed by atoms with van der Waals surface area (Å²) in [7, 11) is 0. The molecule has 1 saturated heterocycles. The minimum Gasteiger partial charge on any atom is -0.451 e. The molecule has 0 spiro atoms. The van der Waals surface area contributed by atoms with Gasteiger partial charge in [0.15, 0.2) is 5.76 Å². The number of fused-ring (bicyclic) bond motifs is 1. The maximum Gasteiger partial charge on any atom is 0.287 e. The Morgan fingerprint density at radius 3 is 3.11 bits per heavy atom. The number of carbonyl (C=O) groups excluding carboxylic acids is 1. The minimum absolute atomic E-state index is 0.141. The Balaban J connectivity index is 1.70. The largest absolute Gasteiger partial charge is 0.451 e. The Morgan fingerprint density at radius 2 is 2.32 bits per heavy atom. The van der Waals surface area contributed by atoms with E-state index in [0.29, 0.717) is 17.9 Å². The van der Waals surface area contributed by atoms with Crippen LogP contribution in [0.3, 0.4) is 0 Å². The number of amides is 1. The fourth-order valence-electron chi connectivity index (χ4n) is 2.22. The van der Waals surface area contributed by atoms with E-state index in [0.717, 1.165) is 29.3 Å². The van der Waals surface area contributed by atoms with Crippen LogP contribution in [0.4, 0.5) is 0 Å². The number of halogens is 1. The topological polar surface area (TPSA) is 51.5 Å². The molecule has 1 fully saturated rings. The molecule has 0 radical (unpaired) electrons. The van der Waals surface area contributed by atoms with Crippen molar-refractivity contribution in [3.63, 3.8) is 0 Å². The van der Waals surface area contributed by atoms with Crippen molar-refractivity contribution in [2.75, 3.05) is 13.2 Å². The number of hydrogen-bond acceptors (Lipinski definition) is 3. The molecule has 1 aromatic heterocycles. The third-order valence-corrected chi connectivity index (χ3v) is 3.71. The summed E-state index contributed by atoms with van der Waals surface area (Å²) in [6.45, 7) is 1.33. The number of carbonyl (C=O) groups is 1. The molecule has 2 heterocycles. The fourth-order valence-corrected chi connectivity index (χ4v) is 2.56. The Hall–Kier alpha value is -1.33. The zero-order chi connectivity index (χ0) is 13.2. The van der Waals surface area contributed by atoms with Crippen molar-refractivity contribution in [1.29, 1.82) is 0 Å².